The molecule has 0 aromatic heterocycles. The number of rotatable bonds is 7. The summed E-state index contributed by atoms with van der Waals surface area (Å²) in [5.41, 5.74) is 6.32. The summed E-state index contributed by atoms with van der Waals surface area (Å²) in [6.07, 6.45) is 3.40. The molecule has 15 heavy (non-hydrogen) atoms. The van der Waals surface area contributed by atoms with Gasteiger partial charge in [-0.05, 0) is 36.6 Å². The first-order chi connectivity index (χ1) is 6.77. The molecule has 0 aromatic carbocycles. The Morgan fingerprint density at radius 1 is 0.933 bits per heavy atom. The van der Waals surface area contributed by atoms with Gasteiger partial charge in [-0.2, -0.15) is 0 Å². The standard InChI is InChI=1S/C13H29NO/c1-12(2,3)8-10-15-9-6-7-13(4,5)11-14/h6-11,14H2,1-5H3. The summed E-state index contributed by atoms with van der Waals surface area (Å²) < 4.78 is 5.61. The Morgan fingerprint density at radius 3 is 2.00 bits per heavy atom. The van der Waals surface area contributed by atoms with Crippen molar-refractivity contribution < 1.29 is 4.74 Å². The topological polar surface area (TPSA) is 35.2 Å². The first-order valence-electron chi connectivity index (χ1n) is 6.05. The molecule has 0 aromatic rings. The van der Waals surface area contributed by atoms with Crippen LogP contribution in [0.15, 0.2) is 0 Å². The van der Waals surface area contributed by atoms with Gasteiger partial charge in [-0.1, -0.05) is 34.6 Å². The van der Waals surface area contributed by atoms with Crippen molar-refractivity contribution in [2.75, 3.05) is 19.8 Å². The van der Waals surface area contributed by atoms with E-state index in [2.05, 4.69) is 34.6 Å². The summed E-state index contributed by atoms with van der Waals surface area (Å²) in [6, 6.07) is 0. The fraction of sp³-hybridized carbons (Fsp3) is 1.00. The lowest BCUT2D eigenvalue weighted by Gasteiger charge is -2.22. The first kappa shape index (κ1) is 14.9. The van der Waals surface area contributed by atoms with E-state index in [1.807, 2.05) is 0 Å². The van der Waals surface area contributed by atoms with Crippen LogP contribution >= 0.6 is 0 Å². The SMILES string of the molecule is CC(C)(C)CCOCCCC(C)(C)CN. The van der Waals surface area contributed by atoms with Gasteiger partial charge in [-0.3, -0.25) is 0 Å². The molecular weight excluding hydrogens is 186 g/mol. The number of hydrogen-bond acceptors (Lipinski definition) is 2. The van der Waals surface area contributed by atoms with Gasteiger partial charge in [0, 0.05) is 13.2 Å². The average molecular weight is 215 g/mol. The van der Waals surface area contributed by atoms with E-state index in [1.54, 1.807) is 0 Å². The molecule has 0 bridgehead atoms. The van der Waals surface area contributed by atoms with Gasteiger partial charge in [0.2, 0.25) is 0 Å². The largest absolute Gasteiger partial charge is 0.381 e. The van der Waals surface area contributed by atoms with Crippen molar-refractivity contribution in [3.05, 3.63) is 0 Å². The summed E-state index contributed by atoms with van der Waals surface area (Å²) in [7, 11) is 0. The minimum atomic E-state index is 0.271. The molecule has 0 unspecified atom stereocenters. The Hall–Kier alpha value is -0.0800. The molecule has 2 N–H and O–H groups in total. The lowest BCUT2D eigenvalue weighted by Crippen LogP contribution is -2.23. The Morgan fingerprint density at radius 2 is 1.53 bits per heavy atom. The second-order valence-corrected chi connectivity index (χ2v) is 6.39. The number of nitrogens with two attached hydrogens (primary N) is 1. The van der Waals surface area contributed by atoms with Crippen molar-refractivity contribution in [3.8, 4) is 0 Å². The molecule has 0 aliphatic carbocycles. The van der Waals surface area contributed by atoms with Crippen LogP contribution in [0.1, 0.15) is 53.9 Å². The molecule has 0 saturated heterocycles. The smallest absolute Gasteiger partial charge is 0.0471 e. The molecular formula is C13H29NO. The monoisotopic (exact) mass is 215 g/mol. The molecule has 0 amide bonds. The van der Waals surface area contributed by atoms with Crippen LogP contribution < -0.4 is 5.73 Å². The van der Waals surface area contributed by atoms with Gasteiger partial charge in [0.25, 0.3) is 0 Å². The summed E-state index contributed by atoms with van der Waals surface area (Å²) in [4.78, 5) is 0. The molecule has 0 heterocycles. The lowest BCUT2D eigenvalue weighted by molar-refractivity contribution is 0.0988. The zero-order chi connectivity index (χ0) is 11.9. The molecule has 0 spiro atoms. The normalized spacial score (nSPS) is 13.2. The Labute approximate surface area is 95.6 Å². The van der Waals surface area contributed by atoms with E-state index in [-0.39, 0.29) is 5.41 Å². The van der Waals surface area contributed by atoms with Crippen LogP contribution in [0.4, 0.5) is 0 Å². The van der Waals surface area contributed by atoms with Gasteiger partial charge in [0.1, 0.15) is 0 Å². The molecule has 0 aliphatic heterocycles. The van der Waals surface area contributed by atoms with E-state index in [1.165, 1.54) is 0 Å². The highest BCUT2D eigenvalue weighted by molar-refractivity contribution is 4.68. The van der Waals surface area contributed by atoms with Crippen molar-refractivity contribution in [2.45, 2.75) is 53.9 Å². The van der Waals surface area contributed by atoms with Crippen LogP contribution in [-0.2, 0) is 4.74 Å². The summed E-state index contributed by atoms with van der Waals surface area (Å²) >= 11 is 0. The third-order valence-corrected chi connectivity index (χ3v) is 2.69. The summed E-state index contributed by atoms with van der Waals surface area (Å²) in [6.45, 7) is 13.7. The van der Waals surface area contributed by atoms with Crippen LogP contribution in [0.2, 0.25) is 0 Å². The summed E-state index contributed by atoms with van der Waals surface area (Å²) in [5, 5.41) is 0. The van der Waals surface area contributed by atoms with Crippen molar-refractivity contribution in [3.63, 3.8) is 0 Å². The highest BCUT2D eigenvalue weighted by Gasteiger charge is 2.14. The third kappa shape index (κ3) is 10.2. The zero-order valence-corrected chi connectivity index (χ0v) is 11.2. The van der Waals surface area contributed by atoms with Gasteiger partial charge in [0.15, 0.2) is 0 Å². The van der Waals surface area contributed by atoms with E-state index < -0.39 is 0 Å². The minimum absolute atomic E-state index is 0.271. The predicted molar refractivity (Wildman–Crippen MR) is 67.0 cm³/mol. The average Bonchev–Trinajstić information content (AvgIpc) is 2.09. The van der Waals surface area contributed by atoms with Crippen LogP contribution in [-0.4, -0.2) is 19.8 Å². The van der Waals surface area contributed by atoms with E-state index >= 15 is 0 Å². The van der Waals surface area contributed by atoms with Gasteiger partial charge >= 0.3 is 0 Å². The lowest BCUT2D eigenvalue weighted by atomic mass is 9.88. The van der Waals surface area contributed by atoms with E-state index in [9.17, 15) is 0 Å². The zero-order valence-electron chi connectivity index (χ0n) is 11.2. The van der Waals surface area contributed by atoms with Crippen molar-refractivity contribution in [1.82, 2.24) is 0 Å². The van der Waals surface area contributed by atoms with E-state index in [0.717, 1.165) is 39.0 Å². The minimum Gasteiger partial charge on any atom is -0.381 e. The summed E-state index contributed by atoms with van der Waals surface area (Å²) in [5.74, 6) is 0. The molecule has 2 heteroatoms. The Bertz CT molecular complexity index is 158. The molecule has 2 nitrogen and oxygen atoms in total. The highest BCUT2D eigenvalue weighted by Crippen LogP contribution is 2.21. The van der Waals surface area contributed by atoms with Crippen molar-refractivity contribution >= 4 is 0 Å². The Kier molecular flexibility index (Phi) is 6.46. The van der Waals surface area contributed by atoms with Crippen LogP contribution in [0.3, 0.4) is 0 Å². The number of hydrogen-bond donors (Lipinski definition) is 1. The Balaban J connectivity index is 3.33. The maximum absolute atomic E-state index is 5.66. The van der Waals surface area contributed by atoms with Gasteiger partial charge in [-0.25, -0.2) is 0 Å². The molecule has 0 saturated carbocycles. The fourth-order valence-electron chi connectivity index (χ4n) is 1.24. The first-order valence-corrected chi connectivity index (χ1v) is 6.05. The van der Waals surface area contributed by atoms with Crippen LogP contribution in [0.25, 0.3) is 0 Å². The van der Waals surface area contributed by atoms with Crippen LogP contribution in [0, 0.1) is 10.8 Å². The van der Waals surface area contributed by atoms with Gasteiger partial charge in [0.05, 0.1) is 0 Å². The number of ether oxygens (including phenoxy) is 1. The molecule has 0 atom stereocenters. The maximum Gasteiger partial charge on any atom is 0.0471 e. The molecule has 0 aliphatic rings. The second kappa shape index (κ2) is 6.49. The predicted octanol–water partition coefficient (Wildman–Crippen LogP) is 3.20. The quantitative estimate of drug-likeness (QED) is 0.662. The van der Waals surface area contributed by atoms with Gasteiger partial charge in [-0.15, -0.1) is 0 Å². The van der Waals surface area contributed by atoms with Crippen LogP contribution in [0.5, 0.6) is 0 Å². The van der Waals surface area contributed by atoms with Gasteiger partial charge < -0.3 is 10.5 Å². The third-order valence-electron chi connectivity index (χ3n) is 2.69. The fourth-order valence-corrected chi connectivity index (χ4v) is 1.24. The van der Waals surface area contributed by atoms with E-state index in [0.29, 0.717) is 5.41 Å². The molecule has 0 radical (unpaired) electrons. The van der Waals surface area contributed by atoms with Crippen molar-refractivity contribution in [2.24, 2.45) is 16.6 Å². The second-order valence-electron chi connectivity index (χ2n) is 6.39. The molecule has 92 valence electrons. The highest BCUT2D eigenvalue weighted by atomic mass is 16.5. The maximum atomic E-state index is 5.66. The van der Waals surface area contributed by atoms with E-state index in [4.69, 9.17) is 10.5 Å². The molecule has 0 rings (SSSR count). The molecule has 0 fully saturated rings. The van der Waals surface area contributed by atoms with Crippen molar-refractivity contribution in [1.29, 1.82) is 0 Å².